The Balaban J connectivity index is 1.81. The molecule has 7 atom stereocenters. The number of amides is 1. The van der Waals surface area contributed by atoms with E-state index in [4.69, 9.17) is 42.6 Å². The number of carbonyl (C=O) groups is 2. The first-order valence-corrected chi connectivity index (χ1v) is 33.4. The highest BCUT2D eigenvalue weighted by Crippen LogP contribution is 2.35. The quantitative estimate of drug-likeness (QED) is 0.0296. The number of benzene rings is 1. The van der Waals surface area contributed by atoms with Gasteiger partial charge in [-0.15, -0.1) is 0 Å². The molecule has 1 aromatic rings. The Bertz CT molecular complexity index is 1430. The molecule has 2 aliphatic heterocycles. The molecule has 12 nitrogen and oxygen atoms in total. The van der Waals surface area contributed by atoms with Crippen molar-refractivity contribution in [3.05, 3.63) is 35.9 Å². The maximum absolute atomic E-state index is 14.3. The van der Waals surface area contributed by atoms with Crippen molar-refractivity contribution in [3.63, 3.8) is 0 Å². The summed E-state index contributed by atoms with van der Waals surface area (Å²) in [6.45, 7) is 23.9. The van der Waals surface area contributed by atoms with Crippen LogP contribution in [0.25, 0.3) is 0 Å². The normalized spacial score (nSPS) is 21.8. The number of hydrogen-bond acceptors (Lipinski definition) is 11. The van der Waals surface area contributed by atoms with Gasteiger partial charge in [0, 0.05) is 29.4 Å². The lowest BCUT2D eigenvalue weighted by molar-refractivity contribution is -0.369. The summed E-state index contributed by atoms with van der Waals surface area (Å²) >= 11 is 0. The molecule has 0 saturated carbocycles. The summed E-state index contributed by atoms with van der Waals surface area (Å²) in [6, 6.07) is 11.0. The lowest BCUT2D eigenvalue weighted by Gasteiger charge is -2.50. The fourth-order valence-corrected chi connectivity index (χ4v) is 9.67. The third kappa shape index (κ3) is 26.3. The van der Waals surface area contributed by atoms with Crippen molar-refractivity contribution in [3.8, 4) is 0 Å². The molecule has 1 N–H and O–H groups in total. The van der Waals surface area contributed by atoms with Crippen LogP contribution in [0.1, 0.15) is 149 Å². The van der Waals surface area contributed by atoms with Crippen LogP contribution in [0.2, 0.25) is 51.4 Å². The molecule has 66 heavy (non-hydrogen) atoms. The molecular weight excluding hydrogens is 871 g/mol. The lowest BCUT2D eigenvalue weighted by Crippen LogP contribution is -2.69. The molecule has 1 aromatic carbocycles. The Labute approximate surface area is 403 Å². The van der Waals surface area contributed by atoms with E-state index in [0.717, 1.165) is 62.6 Å². The molecule has 0 bridgehead atoms. The van der Waals surface area contributed by atoms with E-state index in [1.807, 2.05) is 44.2 Å². The highest BCUT2D eigenvalue weighted by molar-refractivity contribution is 6.76. The summed E-state index contributed by atoms with van der Waals surface area (Å²) in [6.07, 6.45) is 14.0. The molecule has 0 spiro atoms. The molecule has 1 amide bonds. The minimum Gasteiger partial charge on any atom is -0.457 e. The van der Waals surface area contributed by atoms with E-state index in [9.17, 15) is 9.59 Å². The van der Waals surface area contributed by atoms with Gasteiger partial charge in [-0.05, 0) is 44.3 Å². The standard InChI is InChI=1S/C52H95NO11Si2/c1-11-13-15-17-18-19-20-22-27-30-43(59-40-56-32-34-65(5,6)7)36-46(54)53-48-50(49-45(39-61-52(3,4)64-49)62-51(48)58-33-35-66(8,9)10)63-47(55)37-44(31-26-21-16-14-12-2)60-41-57-38-42-28-24-23-25-29-42/h23-25,28-29,43-45,48-51H,11-22,26-27,30-41H2,1-10H3,(H,53,54)/t43?,44?,45-,48-,49-,50-,51-/m1/s1. The van der Waals surface area contributed by atoms with Crippen molar-refractivity contribution in [2.24, 2.45) is 0 Å². The largest absolute Gasteiger partial charge is 0.457 e. The smallest absolute Gasteiger partial charge is 0.308 e. The van der Waals surface area contributed by atoms with E-state index in [-0.39, 0.29) is 45.0 Å². The van der Waals surface area contributed by atoms with Crippen LogP contribution in [0, 0.1) is 0 Å². The van der Waals surface area contributed by atoms with Crippen molar-refractivity contribution >= 4 is 28.0 Å². The molecule has 0 radical (unpaired) electrons. The van der Waals surface area contributed by atoms with Crippen molar-refractivity contribution in [2.75, 3.05) is 33.4 Å². The Hall–Kier alpha value is -1.73. The van der Waals surface area contributed by atoms with Gasteiger partial charge in [-0.1, -0.05) is 173 Å². The lowest BCUT2D eigenvalue weighted by atomic mass is 9.94. The Morgan fingerprint density at radius 1 is 0.727 bits per heavy atom. The predicted molar refractivity (Wildman–Crippen MR) is 269 cm³/mol. The van der Waals surface area contributed by atoms with Crippen LogP contribution in [0.3, 0.4) is 0 Å². The number of rotatable bonds is 37. The minimum atomic E-state index is -1.50. The first kappa shape index (κ1) is 58.6. The number of nitrogens with one attached hydrogen (secondary N) is 1. The molecule has 0 aromatic heterocycles. The van der Waals surface area contributed by atoms with E-state index < -0.39 is 64.7 Å². The van der Waals surface area contributed by atoms with Crippen LogP contribution < -0.4 is 5.32 Å². The topological polar surface area (TPSA) is 129 Å². The van der Waals surface area contributed by atoms with E-state index >= 15 is 0 Å². The Morgan fingerprint density at radius 2 is 1.27 bits per heavy atom. The zero-order chi connectivity index (χ0) is 48.3. The van der Waals surface area contributed by atoms with Crippen molar-refractivity contribution < 1.29 is 52.2 Å². The van der Waals surface area contributed by atoms with Crippen molar-refractivity contribution in [1.82, 2.24) is 5.32 Å². The number of ether oxygens (including phenoxy) is 9. The van der Waals surface area contributed by atoms with Crippen LogP contribution in [0.15, 0.2) is 30.3 Å². The van der Waals surface area contributed by atoms with Gasteiger partial charge < -0.3 is 47.9 Å². The second kappa shape index (κ2) is 32.2. The summed E-state index contributed by atoms with van der Waals surface area (Å²) in [7, 11) is -2.77. The number of hydrogen-bond donors (Lipinski definition) is 1. The average Bonchev–Trinajstić information content (AvgIpc) is 3.24. The molecule has 2 aliphatic rings. The number of esters is 1. The minimum absolute atomic E-state index is 0.0191. The third-order valence-electron chi connectivity index (χ3n) is 12.3. The van der Waals surface area contributed by atoms with Gasteiger partial charge in [0.05, 0.1) is 38.3 Å². The van der Waals surface area contributed by atoms with Gasteiger partial charge in [0.15, 0.2) is 18.2 Å². The van der Waals surface area contributed by atoms with Gasteiger partial charge in [0.1, 0.15) is 31.8 Å². The summed E-state index contributed by atoms with van der Waals surface area (Å²) in [5, 5.41) is 3.24. The summed E-state index contributed by atoms with van der Waals surface area (Å²) in [5.41, 5.74) is 1.05. The average molecular weight is 966 g/mol. The van der Waals surface area contributed by atoms with Gasteiger partial charge in [0.2, 0.25) is 5.91 Å². The number of fused-ring (bicyclic) bond motifs is 1. The van der Waals surface area contributed by atoms with Crippen molar-refractivity contribution in [2.45, 2.75) is 250 Å². The second-order valence-corrected chi connectivity index (χ2v) is 32.9. The monoisotopic (exact) mass is 966 g/mol. The van der Waals surface area contributed by atoms with Crippen LogP contribution in [-0.2, 0) is 58.8 Å². The summed E-state index contributed by atoms with van der Waals surface area (Å²) in [5.74, 6) is -1.66. The van der Waals surface area contributed by atoms with Crippen LogP contribution in [0.5, 0.6) is 0 Å². The van der Waals surface area contributed by atoms with Gasteiger partial charge in [-0.2, -0.15) is 0 Å². The van der Waals surface area contributed by atoms with E-state index in [2.05, 4.69) is 58.4 Å². The Kier molecular flexibility index (Phi) is 28.6. The first-order valence-electron chi connectivity index (χ1n) is 26.0. The second-order valence-electron chi connectivity index (χ2n) is 21.7. The van der Waals surface area contributed by atoms with Crippen LogP contribution >= 0.6 is 0 Å². The third-order valence-corrected chi connectivity index (χ3v) is 15.7. The van der Waals surface area contributed by atoms with E-state index in [1.54, 1.807) is 0 Å². The fraction of sp³-hybridized carbons (Fsp3) is 0.846. The van der Waals surface area contributed by atoms with Crippen molar-refractivity contribution in [1.29, 1.82) is 0 Å². The molecule has 0 aliphatic carbocycles. The maximum Gasteiger partial charge on any atom is 0.308 e. The molecule has 2 unspecified atom stereocenters. The van der Waals surface area contributed by atoms with Gasteiger partial charge >= 0.3 is 5.97 Å². The molecule has 2 heterocycles. The number of unbranched alkanes of at least 4 members (excludes halogenated alkanes) is 12. The molecule has 3 rings (SSSR count). The SMILES string of the molecule is CCCCCCCCCCCC(CC(=O)N[C@H]1[C@H](OCC[Si](C)(C)C)O[C@@H]2COC(C)(C)O[C@H]2[C@@H]1OC(=O)CC(CCCCCCC)OCOCc1ccccc1)OCOCC[Si](C)(C)C. The first-order chi connectivity index (χ1) is 31.5. The highest BCUT2D eigenvalue weighted by atomic mass is 28.3. The molecule has 382 valence electrons. The highest BCUT2D eigenvalue weighted by Gasteiger charge is 2.54. The van der Waals surface area contributed by atoms with Crippen LogP contribution in [0.4, 0.5) is 0 Å². The predicted octanol–water partition coefficient (Wildman–Crippen LogP) is 11.9. The Morgan fingerprint density at radius 3 is 1.86 bits per heavy atom. The molecular formula is C52H95NO11Si2. The molecule has 2 saturated heterocycles. The van der Waals surface area contributed by atoms with E-state index in [0.29, 0.717) is 26.2 Å². The van der Waals surface area contributed by atoms with Gasteiger partial charge in [-0.25, -0.2) is 0 Å². The van der Waals surface area contributed by atoms with Crippen LogP contribution in [-0.4, -0.2) is 110 Å². The van der Waals surface area contributed by atoms with E-state index in [1.165, 1.54) is 51.4 Å². The zero-order valence-corrected chi connectivity index (χ0v) is 45.3. The van der Waals surface area contributed by atoms with Gasteiger partial charge in [-0.3, -0.25) is 9.59 Å². The maximum atomic E-state index is 14.3. The summed E-state index contributed by atoms with van der Waals surface area (Å²) < 4.78 is 56.6. The zero-order valence-electron chi connectivity index (χ0n) is 43.3. The number of carbonyl (C=O) groups excluding carboxylic acids is 2. The van der Waals surface area contributed by atoms with Gasteiger partial charge in [0.25, 0.3) is 0 Å². The summed E-state index contributed by atoms with van der Waals surface area (Å²) in [4.78, 5) is 28.6. The fourth-order valence-electron chi connectivity index (χ4n) is 8.19. The molecule has 14 heteroatoms. The molecule has 2 fully saturated rings.